The first kappa shape index (κ1) is 16.7. The second-order valence-electron chi connectivity index (χ2n) is 5.18. The topological polar surface area (TPSA) is 82.5 Å². The third kappa shape index (κ3) is 3.56. The van der Waals surface area contributed by atoms with Crippen molar-refractivity contribution in [2.75, 3.05) is 25.0 Å². The third-order valence-electron chi connectivity index (χ3n) is 3.65. The highest BCUT2D eigenvalue weighted by atomic mass is 79.9. The molecule has 2 rings (SSSR count). The molecule has 0 saturated carbocycles. The highest BCUT2D eigenvalue weighted by molar-refractivity contribution is 9.10. The number of halogens is 1. The van der Waals surface area contributed by atoms with Gasteiger partial charge in [-0.15, -0.1) is 0 Å². The maximum absolute atomic E-state index is 12.8. The van der Waals surface area contributed by atoms with Gasteiger partial charge in [-0.3, -0.25) is 0 Å². The fourth-order valence-corrected chi connectivity index (χ4v) is 4.56. The van der Waals surface area contributed by atoms with E-state index in [1.807, 2.05) is 6.92 Å². The van der Waals surface area contributed by atoms with Gasteiger partial charge in [0.25, 0.3) is 0 Å². The maximum Gasteiger partial charge on any atom is 0.246 e. The SMILES string of the molecule is CCNc1ncc(Br)cc1S(=O)(=O)N1CCC(C(C)O)C1. The summed E-state index contributed by atoms with van der Waals surface area (Å²) in [5.74, 6) is 0.351. The van der Waals surface area contributed by atoms with Crippen LogP contribution >= 0.6 is 15.9 Å². The molecular formula is C13H20BrN3O3S. The predicted octanol–water partition coefficient (Wildman–Crippen LogP) is 1.67. The van der Waals surface area contributed by atoms with Crippen LogP contribution in [0.5, 0.6) is 0 Å². The first-order valence-electron chi connectivity index (χ1n) is 6.94. The summed E-state index contributed by atoms with van der Waals surface area (Å²) in [5.41, 5.74) is 0. The molecule has 1 fully saturated rings. The van der Waals surface area contributed by atoms with Gasteiger partial charge in [0.15, 0.2) is 0 Å². The summed E-state index contributed by atoms with van der Waals surface area (Å²) in [4.78, 5) is 4.32. The van der Waals surface area contributed by atoms with E-state index < -0.39 is 16.1 Å². The molecule has 1 aromatic heterocycles. The van der Waals surface area contributed by atoms with E-state index in [0.29, 0.717) is 36.3 Å². The van der Waals surface area contributed by atoms with Crippen molar-refractivity contribution in [3.8, 4) is 0 Å². The number of aliphatic hydroxyl groups excluding tert-OH is 1. The Balaban J connectivity index is 2.34. The number of anilines is 1. The van der Waals surface area contributed by atoms with Crippen LogP contribution in [0.1, 0.15) is 20.3 Å². The summed E-state index contributed by atoms with van der Waals surface area (Å²) in [6, 6.07) is 1.57. The molecule has 2 heterocycles. The third-order valence-corrected chi connectivity index (χ3v) is 5.96. The molecular weight excluding hydrogens is 358 g/mol. The van der Waals surface area contributed by atoms with Gasteiger partial charge < -0.3 is 10.4 Å². The number of aliphatic hydroxyl groups is 1. The van der Waals surface area contributed by atoms with Gasteiger partial charge >= 0.3 is 0 Å². The number of hydrogen-bond donors (Lipinski definition) is 2. The van der Waals surface area contributed by atoms with Crippen LogP contribution in [-0.2, 0) is 10.0 Å². The molecule has 1 saturated heterocycles. The molecule has 1 aromatic rings. The zero-order valence-corrected chi connectivity index (χ0v) is 14.5. The molecule has 118 valence electrons. The smallest absolute Gasteiger partial charge is 0.246 e. The standard InChI is InChI=1S/C13H20BrN3O3S/c1-3-15-13-12(6-11(14)7-16-13)21(19,20)17-5-4-10(8-17)9(2)18/h6-7,9-10,18H,3-5,8H2,1-2H3,(H,15,16). The molecule has 0 radical (unpaired) electrons. The van der Waals surface area contributed by atoms with Crippen molar-refractivity contribution < 1.29 is 13.5 Å². The summed E-state index contributed by atoms with van der Waals surface area (Å²) in [6.07, 6.45) is 1.74. The molecule has 21 heavy (non-hydrogen) atoms. The first-order valence-corrected chi connectivity index (χ1v) is 9.17. The van der Waals surface area contributed by atoms with Crippen LogP contribution in [0.25, 0.3) is 0 Å². The largest absolute Gasteiger partial charge is 0.393 e. The number of sulfonamides is 1. The van der Waals surface area contributed by atoms with E-state index in [9.17, 15) is 13.5 Å². The second kappa shape index (κ2) is 6.60. The molecule has 1 aliphatic rings. The lowest BCUT2D eigenvalue weighted by molar-refractivity contribution is 0.133. The van der Waals surface area contributed by atoms with E-state index in [1.54, 1.807) is 19.2 Å². The molecule has 2 N–H and O–H groups in total. The van der Waals surface area contributed by atoms with Gasteiger partial charge in [0.2, 0.25) is 10.0 Å². The van der Waals surface area contributed by atoms with Gasteiger partial charge in [-0.2, -0.15) is 4.31 Å². The zero-order valence-electron chi connectivity index (χ0n) is 12.1. The number of hydrogen-bond acceptors (Lipinski definition) is 5. The zero-order chi connectivity index (χ0) is 15.6. The Hall–Kier alpha value is -0.700. The maximum atomic E-state index is 12.8. The van der Waals surface area contributed by atoms with Gasteiger partial charge in [-0.25, -0.2) is 13.4 Å². The highest BCUT2D eigenvalue weighted by Gasteiger charge is 2.36. The van der Waals surface area contributed by atoms with E-state index in [0.717, 1.165) is 0 Å². The second-order valence-corrected chi connectivity index (χ2v) is 8.01. The van der Waals surface area contributed by atoms with Gasteiger partial charge in [0, 0.05) is 30.3 Å². The Morgan fingerprint density at radius 3 is 2.90 bits per heavy atom. The summed E-state index contributed by atoms with van der Waals surface area (Å²) in [7, 11) is -3.61. The van der Waals surface area contributed by atoms with Gasteiger partial charge in [-0.1, -0.05) is 0 Å². The van der Waals surface area contributed by atoms with E-state index >= 15 is 0 Å². The summed E-state index contributed by atoms with van der Waals surface area (Å²) >= 11 is 3.27. The Morgan fingerprint density at radius 1 is 1.62 bits per heavy atom. The van der Waals surface area contributed by atoms with Gasteiger partial charge in [0.1, 0.15) is 10.7 Å². The molecule has 2 unspecified atom stereocenters. The minimum atomic E-state index is -3.61. The van der Waals surface area contributed by atoms with Crippen LogP contribution in [0.3, 0.4) is 0 Å². The van der Waals surface area contributed by atoms with Crippen molar-refractivity contribution in [1.29, 1.82) is 0 Å². The van der Waals surface area contributed by atoms with Crippen molar-refractivity contribution in [2.45, 2.75) is 31.3 Å². The molecule has 0 bridgehead atoms. The minimum Gasteiger partial charge on any atom is -0.393 e. The molecule has 0 spiro atoms. The fourth-order valence-electron chi connectivity index (χ4n) is 2.42. The average Bonchev–Trinajstić information content (AvgIpc) is 2.91. The predicted molar refractivity (Wildman–Crippen MR) is 84.6 cm³/mol. The monoisotopic (exact) mass is 377 g/mol. The lowest BCUT2D eigenvalue weighted by Gasteiger charge is -2.19. The Bertz CT molecular complexity index is 607. The van der Waals surface area contributed by atoms with E-state index in [1.165, 1.54) is 4.31 Å². The number of pyridine rings is 1. The summed E-state index contributed by atoms with van der Waals surface area (Å²) in [5, 5.41) is 12.6. The molecule has 6 nitrogen and oxygen atoms in total. The van der Waals surface area contributed by atoms with Crippen LogP contribution in [0.2, 0.25) is 0 Å². The summed E-state index contributed by atoms with van der Waals surface area (Å²) in [6.45, 7) is 4.95. The lowest BCUT2D eigenvalue weighted by atomic mass is 10.0. The van der Waals surface area contributed by atoms with Crippen LogP contribution in [0.4, 0.5) is 5.82 Å². The normalized spacial score (nSPS) is 21.4. The van der Waals surface area contributed by atoms with Crippen LogP contribution in [0.15, 0.2) is 21.6 Å². The van der Waals surface area contributed by atoms with Crippen LogP contribution in [-0.4, -0.2) is 48.6 Å². The Kier molecular flexibility index (Phi) is 5.24. The summed E-state index contributed by atoms with van der Waals surface area (Å²) < 4.78 is 27.6. The van der Waals surface area contributed by atoms with Crippen LogP contribution in [0, 0.1) is 5.92 Å². The van der Waals surface area contributed by atoms with Crippen molar-refractivity contribution in [3.05, 3.63) is 16.7 Å². The van der Waals surface area contributed by atoms with Crippen LogP contribution < -0.4 is 5.32 Å². The van der Waals surface area contributed by atoms with E-state index in [4.69, 9.17) is 0 Å². The van der Waals surface area contributed by atoms with Gasteiger partial charge in [-0.05, 0) is 48.2 Å². The van der Waals surface area contributed by atoms with E-state index in [-0.39, 0.29) is 10.8 Å². The fraction of sp³-hybridized carbons (Fsp3) is 0.615. The first-order chi connectivity index (χ1) is 9.86. The highest BCUT2D eigenvalue weighted by Crippen LogP contribution is 2.30. The van der Waals surface area contributed by atoms with Crippen molar-refractivity contribution in [2.24, 2.45) is 5.92 Å². The molecule has 1 aliphatic heterocycles. The quantitative estimate of drug-likeness (QED) is 0.815. The minimum absolute atomic E-state index is 0.0116. The molecule has 0 aliphatic carbocycles. The number of nitrogens with zero attached hydrogens (tertiary/aromatic N) is 2. The van der Waals surface area contributed by atoms with Crippen molar-refractivity contribution in [3.63, 3.8) is 0 Å². The van der Waals surface area contributed by atoms with Crippen molar-refractivity contribution in [1.82, 2.24) is 9.29 Å². The average molecular weight is 378 g/mol. The molecule has 0 aromatic carbocycles. The Morgan fingerprint density at radius 2 is 2.33 bits per heavy atom. The van der Waals surface area contributed by atoms with E-state index in [2.05, 4.69) is 26.2 Å². The number of nitrogens with one attached hydrogen (secondary N) is 1. The number of aromatic nitrogens is 1. The van der Waals surface area contributed by atoms with Crippen molar-refractivity contribution >= 4 is 31.8 Å². The molecule has 2 atom stereocenters. The molecule has 0 amide bonds. The number of rotatable bonds is 5. The lowest BCUT2D eigenvalue weighted by Crippen LogP contribution is -2.31. The Labute approximate surface area is 133 Å². The van der Waals surface area contributed by atoms with Gasteiger partial charge in [0.05, 0.1) is 6.10 Å². The molecule has 8 heteroatoms.